The first-order valence-corrected chi connectivity index (χ1v) is 7.77. The molecule has 0 aliphatic rings. The second-order valence-electron chi connectivity index (χ2n) is 4.86. The zero-order chi connectivity index (χ0) is 18.4. The molecule has 25 heavy (non-hydrogen) atoms. The normalized spacial score (nSPS) is 10.0. The summed E-state index contributed by atoms with van der Waals surface area (Å²) in [6.07, 6.45) is 0. The first-order chi connectivity index (χ1) is 11.8. The molecular weight excluding hydrogens is 369 g/mol. The molecule has 0 fully saturated rings. The number of halogens is 2. The van der Waals surface area contributed by atoms with E-state index in [1.807, 2.05) is 0 Å². The number of aliphatic carboxylic acids is 1. The lowest BCUT2D eigenvalue weighted by Gasteiger charge is -2.11. The van der Waals surface area contributed by atoms with Gasteiger partial charge in [0.1, 0.15) is 12.4 Å². The fourth-order valence-corrected chi connectivity index (χ4v) is 2.25. The molecule has 130 valence electrons. The lowest BCUT2D eigenvalue weighted by Crippen LogP contribution is -2.29. The van der Waals surface area contributed by atoms with Gasteiger partial charge in [-0.05, 0) is 54.7 Å². The number of anilines is 2. The van der Waals surface area contributed by atoms with E-state index in [1.165, 1.54) is 30.3 Å². The van der Waals surface area contributed by atoms with Crippen molar-refractivity contribution >= 4 is 52.2 Å². The summed E-state index contributed by atoms with van der Waals surface area (Å²) in [4.78, 5) is 22.1. The third-order valence-electron chi connectivity index (χ3n) is 2.98. The largest absolute Gasteiger partial charge is 0.480 e. The van der Waals surface area contributed by atoms with E-state index < -0.39 is 24.2 Å². The quantitative estimate of drug-likeness (QED) is 0.595. The molecule has 0 radical (unpaired) electrons. The maximum atomic E-state index is 13.1. The van der Waals surface area contributed by atoms with Crippen LogP contribution < -0.4 is 16.0 Å². The van der Waals surface area contributed by atoms with E-state index in [2.05, 4.69) is 16.0 Å². The fourth-order valence-electron chi connectivity index (χ4n) is 1.83. The van der Waals surface area contributed by atoms with Crippen LogP contribution in [0.4, 0.5) is 15.8 Å². The van der Waals surface area contributed by atoms with Crippen molar-refractivity contribution in [1.82, 2.24) is 5.32 Å². The Morgan fingerprint density at radius 1 is 1.08 bits per heavy atom. The average molecular weight is 382 g/mol. The third kappa shape index (κ3) is 5.70. The highest BCUT2D eigenvalue weighted by Crippen LogP contribution is 2.19. The molecule has 6 nitrogen and oxygen atoms in total. The molecule has 2 aromatic rings. The summed E-state index contributed by atoms with van der Waals surface area (Å²) in [5.41, 5.74) is 1.45. The molecule has 0 bridgehead atoms. The van der Waals surface area contributed by atoms with Gasteiger partial charge in [-0.3, -0.25) is 9.59 Å². The first kappa shape index (κ1) is 18.6. The molecule has 0 spiro atoms. The number of thiocarbonyl (C=S) groups is 1. The molecule has 2 aromatic carbocycles. The summed E-state index contributed by atoms with van der Waals surface area (Å²) in [6, 6.07) is 10.4. The van der Waals surface area contributed by atoms with E-state index in [4.69, 9.17) is 28.9 Å². The van der Waals surface area contributed by atoms with E-state index in [9.17, 15) is 14.0 Å². The van der Waals surface area contributed by atoms with Crippen LogP contribution in [0, 0.1) is 5.82 Å². The molecule has 2 rings (SSSR count). The Hall–Kier alpha value is -2.71. The molecule has 0 aliphatic carbocycles. The predicted octanol–water partition coefficient (Wildman–Crippen LogP) is 3.10. The summed E-state index contributed by atoms with van der Waals surface area (Å²) < 4.78 is 13.1. The van der Waals surface area contributed by atoms with Crippen LogP contribution in [0.25, 0.3) is 0 Å². The predicted molar refractivity (Wildman–Crippen MR) is 97.7 cm³/mol. The van der Waals surface area contributed by atoms with E-state index in [0.29, 0.717) is 16.9 Å². The zero-order valence-corrected chi connectivity index (χ0v) is 14.2. The average Bonchev–Trinajstić information content (AvgIpc) is 2.56. The van der Waals surface area contributed by atoms with Crippen molar-refractivity contribution < 1.29 is 19.1 Å². The summed E-state index contributed by atoms with van der Waals surface area (Å²) in [5.74, 6) is -2.14. The van der Waals surface area contributed by atoms with Crippen LogP contribution in [0.15, 0.2) is 42.5 Å². The van der Waals surface area contributed by atoms with Gasteiger partial charge in [0.25, 0.3) is 5.91 Å². The number of carbonyl (C=O) groups excluding carboxylic acids is 1. The molecular formula is C16H13ClFN3O3S. The van der Waals surface area contributed by atoms with Crippen LogP contribution in [-0.2, 0) is 4.79 Å². The molecule has 0 saturated heterocycles. The number of rotatable bonds is 5. The van der Waals surface area contributed by atoms with Crippen LogP contribution in [0.2, 0.25) is 5.02 Å². The lowest BCUT2D eigenvalue weighted by atomic mass is 10.2. The molecule has 1 amide bonds. The van der Waals surface area contributed by atoms with Crippen LogP contribution in [0.1, 0.15) is 10.4 Å². The van der Waals surface area contributed by atoms with Crippen molar-refractivity contribution in [1.29, 1.82) is 0 Å². The van der Waals surface area contributed by atoms with Crippen molar-refractivity contribution in [3.05, 3.63) is 58.9 Å². The number of nitrogens with one attached hydrogen (secondary N) is 3. The van der Waals surface area contributed by atoms with Gasteiger partial charge in [0, 0.05) is 16.9 Å². The minimum atomic E-state index is -1.12. The molecule has 4 N–H and O–H groups in total. The molecule has 0 unspecified atom stereocenters. The highest BCUT2D eigenvalue weighted by molar-refractivity contribution is 7.80. The van der Waals surface area contributed by atoms with Crippen LogP contribution >= 0.6 is 23.8 Å². The minimum absolute atomic E-state index is 0.0236. The zero-order valence-electron chi connectivity index (χ0n) is 12.7. The first-order valence-electron chi connectivity index (χ1n) is 6.98. The number of carboxylic acid groups (broad SMARTS) is 1. The van der Waals surface area contributed by atoms with E-state index in [0.717, 1.165) is 0 Å². The SMILES string of the molecule is O=C(O)CNC(=O)c1ccc(NC(=S)Nc2ccc(F)c(Cl)c2)cc1. The Kier molecular flexibility index (Phi) is 6.26. The molecule has 0 atom stereocenters. The van der Waals surface area contributed by atoms with Gasteiger partial charge in [0.2, 0.25) is 0 Å². The van der Waals surface area contributed by atoms with Crippen molar-refractivity contribution in [2.75, 3.05) is 17.2 Å². The number of hydrogen-bond acceptors (Lipinski definition) is 3. The number of amides is 1. The van der Waals surface area contributed by atoms with Gasteiger partial charge in [0.05, 0.1) is 5.02 Å². The standard InChI is InChI=1S/C16H13ClFN3O3S/c17-12-7-11(5-6-13(12)18)21-16(25)20-10-3-1-9(2-4-10)15(24)19-8-14(22)23/h1-7H,8H2,(H,19,24)(H,22,23)(H2,20,21,25). The molecule has 0 aliphatic heterocycles. The van der Waals surface area contributed by atoms with Gasteiger partial charge in [0.15, 0.2) is 5.11 Å². The Balaban J connectivity index is 1.93. The van der Waals surface area contributed by atoms with Gasteiger partial charge in [-0.25, -0.2) is 4.39 Å². The Morgan fingerprint density at radius 3 is 2.28 bits per heavy atom. The monoisotopic (exact) mass is 381 g/mol. The third-order valence-corrected chi connectivity index (χ3v) is 3.48. The van der Waals surface area contributed by atoms with Gasteiger partial charge >= 0.3 is 5.97 Å². The molecule has 0 saturated carbocycles. The summed E-state index contributed by atoms with van der Waals surface area (Å²) in [5, 5.41) is 16.8. The van der Waals surface area contributed by atoms with Gasteiger partial charge in [-0.15, -0.1) is 0 Å². The lowest BCUT2D eigenvalue weighted by molar-refractivity contribution is -0.135. The number of carboxylic acids is 1. The number of carbonyl (C=O) groups is 2. The Labute approximate surface area is 153 Å². The smallest absolute Gasteiger partial charge is 0.322 e. The maximum absolute atomic E-state index is 13.1. The number of benzene rings is 2. The highest BCUT2D eigenvalue weighted by Gasteiger charge is 2.07. The van der Waals surface area contributed by atoms with Gasteiger partial charge < -0.3 is 21.1 Å². The second-order valence-corrected chi connectivity index (χ2v) is 5.68. The highest BCUT2D eigenvalue weighted by atomic mass is 35.5. The molecule has 9 heteroatoms. The molecule has 0 heterocycles. The van der Waals surface area contributed by atoms with Crippen LogP contribution in [0.3, 0.4) is 0 Å². The van der Waals surface area contributed by atoms with Gasteiger partial charge in [-0.1, -0.05) is 11.6 Å². The van der Waals surface area contributed by atoms with E-state index >= 15 is 0 Å². The summed E-state index contributed by atoms with van der Waals surface area (Å²) in [7, 11) is 0. The second kappa shape index (κ2) is 8.41. The Morgan fingerprint density at radius 2 is 1.68 bits per heavy atom. The van der Waals surface area contributed by atoms with Crippen LogP contribution in [-0.4, -0.2) is 28.6 Å². The molecule has 0 aromatic heterocycles. The van der Waals surface area contributed by atoms with Crippen molar-refractivity contribution in [2.24, 2.45) is 0 Å². The van der Waals surface area contributed by atoms with E-state index in [1.54, 1.807) is 12.1 Å². The minimum Gasteiger partial charge on any atom is -0.480 e. The van der Waals surface area contributed by atoms with Gasteiger partial charge in [-0.2, -0.15) is 0 Å². The van der Waals surface area contributed by atoms with E-state index in [-0.39, 0.29) is 10.1 Å². The maximum Gasteiger partial charge on any atom is 0.322 e. The Bertz CT molecular complexity index is 815. The van der Waals surface area contributed by atoms with Crippen molar-refractivity contribution in [2.45, 2.75) is 0 Å². The fraction of sp³-hybridized carbons (Fsp3) is 0.0625. The summed E-state index contributed by atoms with van der Waals surface area (Å²) >= 11 is 10.8. The van der Waals surface area contributed by atoms with Crippen molar-refractivity contribution in [3.63, 3.8) is 0 Å². The summed E-state index contributed by atoms with van der Waals surface area (Å²) in [6.45, 7) is -0.451. The number of hydrogen-bond donors (Lipinski definition) is 4. The van der Waals surface area contributed by atoms with Crippen molar-refractivity contribution in [3.8, 4) is 0 Å². The topological polar surface area (TPSA) is 90.5 Å². The van der Waals surface area contributed by atoms with Crippen LogP contribution in [0.5, 0.6) is 0 Å².